The molecule has 1 N–H and O–H groups in total. The molecule has 1 saturated heterocycles. The third kappa shape index (κ3) is 4.58. The van der Waals surface area contributed by atoms with Crippen molar-refractivity contribution in [3.8, 4) is 11.1 Å². The Bertz CT molecular complexity index is 833. The average molecular weight is 382 g/mol. The van der Waals surface area contributed by atoms with E-state index in [9.17, 15) is 4.79 Å². The molecule has 0 spiro atoms. The molecule has 1 amide bonds. The first kappa shape index (κ1) is 20.0. The van der Waals surface area contributed by atoms with E-state index < -0.39 is 0 Å². The number of carbonyl (C=O) groups excluding carboxylic acids is 1. The Hall–Kier alpha value is -2.70. The minimum absolute atomic E-state index is 0.0416. The Morgan fingerprint density at radius 3 is 2.64 bits per heavy atom. The Morgan fingerprint density at radius 2 is 1.96 bits per heavy atom. The number of oxime groups is 1. The topological polar surface area (TPSA) is 71.4 Å². The van der Waals surface area contributed by atoms with Crippen molar-refractivity contribution in [2.45, 2.75) is 19.4 Å². The molecule has 0 aromatic heterocycles. The molecular weight excluding hydrogens is 356 g/mol. The van der Waals surface area contributed by atoms with Crippen molar-refractivity contribution < 1.29 is 19.5 Å². The van der Waals surface area contributed by atoms with Crippen molar-refractivity contribution >= 4 is 11.6 Å². The molecule has 28 heavy (non-hydrogen) atoms. The third-order valence-electron chi connectivity index (χ3n) is 4.88. The molecule has 6 nitrogen and oxygen atoms in total. The Morgan fingerprint density at radius 1 is 1.21 bits per heavy atom. The lowest BCUT2D eigenvalue weighted by Crippen LogP contribution is -2.38. The lowest BCUT2D eigenvalue weighted by molar-refractivity contribution is 0.0438. The number of aliphatic hydroxyl groups excluding tert-OH is 1. The standard InChI is InChI=1S/C22H26N2O4/c1-16-5-3-4-6-21(16)17-7-9-18(10-8-17)22(26)24-14-19(23-27-2)13-20(24)15-28-12-11-25/h3-10,20,25H,11-15H2,1-2H3/b23-19-. The van der Waals surface area contributed by atoms with Gasteiger partial charge in [-0.2, -0.15) is 0 Å². The van der Waals surface area contributed by atoms with Crippen LogP contribution in [0.5, 0.6) is 0 Å². The smallest absolute Gasteiger partial charge is 0.254 e. The van der Waals surface area contributed by atoms with E-state index in [-0.39, 0.29) is 25.2 Å². The normalized spacial score (nSPS) is 17.9. The monoisotopic (exact) mass is 382 g/mol. The summed E-state index contributed by atoms with van der Waals surface area (Å²) in [6.07, 6.45) is 0.603. The van der Waals surface area contributed by atoms with Crippen LogP contribution >= 0.6 is 0 Å². The number of carbonyl (C=O) groups is 1. The summed E-state index contributed by atoms with van der Waals surface area (Å²) in [6, 6.07) is 15.7. The van der Waals surface area contributed by atoms with Gasteiger partial charge < -0.3 is 19.6 Å². The van der Waals surface area contributed by atoms with Gasteiger partial charge in [0.25, 0.3) is 5.91 Å². The van der Waals surface area contributed by atoms with E-state index in [1.807, 2.05) is 36.4 Å². The highest BCUT2D eigenvalue weighted by Crippen LogP contribution is 2.25. The highest BCUT2D eigenvalue weighted by atomic mass is 16.6. The van der Waals surface area contributed by atoms with E-state index in [0.29, 0.717) is 25.1 Å². The minimum Gasteiger partial charge on any atom is -0.399 e. The number of rotatable bonds is 7. The highest BCUT2D eigenvalue weighted by Gasteiger charge is 2.34. The van der Waals surface area contributed by atoms with Crippen molar-refractivity contribution in [3.63, 3.8) is 0 Å². The van der Waals surface area contributed by atoms with Crippen LogP contribution in [-0.4, -0.2) is 61.1 Å². The maximum atomic E-state index is 13.1. The van der Waals surface area contributed by atoms with E-state index in [2.05, 4.69) is 24.2 Å². The summed E-state index contributed by atoms with van der Waals surface area (Å²) in [5.74, 6) is -0.0600. The summed E-state index contributed by atoms with van der Waals surface area (Å²) >= 11 is 0. The first-order valence-corrected chi connectivity index (χ1v) is 9.38. The van der Waals surface area contributed by atoms with E-state index in [1.54, 1.807) is 4.90 Å². The third-order valence-corrected chi connectivity index (χ3v) is 4.88. The summed E-state index contributed by atoms with van der Waals surface area (Å²) in [7, 11) is 1.50. The van der Waals surface area contributed by atoms with Crippen LogP contribution in [0.3, 0.4) is 0 Å². The zero-order valence-electron chi connectivity index (χ0n) is 16.3. The molecule has 3 rings (SSSR count). The number of hydrogen-bond donors (Lipinski definition) is 1. The van der Waals surface area contributed by atoms with E-state index in [1.165, 1.54) is 12.7 Å². The zero-order valence-corrected chi connectivity index (χ0v) is 16.3. The molecule has 0 saturated carbocycles. The predicted octanol–water partition coefficient (Wildman–Crippen LogP) is 2.89. The summed E-state index contributed by atoms with van der Waals surface area (Å²) in [5, 5.41) is 12.9. The Labute approximate surface area is 165 Å². The fraction of sp³-hybridized carbons (Fsp3) is 0.364. The van der Waals surface area contributed by atoms with Gasteiger partial charge in [0.2, 0.25) is 0 Å². The second kappa shape index (κ2) is 9.48. The number of aliphatic hydroxyl groups is 1. The second-order valence-corrected chi connectivity index (χ2v) is 6.82. The van der Waals surface area contributed by atoms with E-state index >= 15 is 0 Å². The Kier molecular flexibility index (Phi) is 6.79. The van der Waals surface area contributed by atoms with Crippen LogP contribution in [0, 0.1) is 6.92 Å². The average Bonchev–Trinajstić information content (AvgIpc) is 3.11. The molecule has 0 radical (unpaired) electrons. The van der Waals surface area contributed by atoms with E-state index in [4.69, 9.17) is 14.7 Å². The highest BCUT2D eigenvalue weighted by molar-refractivity contribution is 6.00. The molecule has 2 aromatic carbocycles. The van der Waals surface area contributed by atoms with Gasteiger partial charge in [-0.25, -0.2) is 0 Å². The summed E-state index contributed by atoms with van der Waals surface area (Å²) in [5.41, 5.74) is 4.88. The summed E-state index contributed by atoms with van der Waals surface area (Å²) in [6.45, 7) is 3.06. The quantitative estimate of drug-likeness (QED) is 0.590. The molecule has 1 aliphatic rings. The minimum atomic E-state index is -0.121. The van der Waals surface area contributed by atoms with Gasteiger partial charge in [0.15, 0.2) is 0 Å². The van der Waals surface area contributed by atoms with Crippen LogP contribution in [0.1, 0.15) is 22.3 Å². The number of hydrogen-bond acceptors (Lipinski definition) is 5. The predicted molar refractivity (Wildman–Crippen MR) is 108 cm³/mol. The molecule has 148 valence electrons. The number of ether oxygens (including phenoxy) is 1. The number of likely N-dealkylation sites (tertiary alicyclic amines) is 1. The van der Waals surface area contributed by atoms with Crippen LogP contribution in [0.15, 0.2) is 53.7 Å². The molecule has 6 heteroatoms. The molecule has 1 fully saturated rings. The molecular formula is C22H26N2O4. The lowest BCUT2D eigenvalue weighted by Gasteiger charge is -2.24. The number of benzene rings is 2. The van der Waals surface area contributed by atoms with Crippen molar-refractivity contribution in [3.05, 3.63) is 59.7 Å². The van der Waals surface area contributed by atoms with Gasteiger partial charge in [0, 0.05) is 12.0 Å². The van der Waals surface area contributed by atoms with Gasteiger partial charge in [0.1, 0.15) is 7.11 Å². The van der Waals surface area contributed by atoms with Crippen molar-refractivity contribution in [2.24, 2.45) is 5.16 Å². The van der Waals surface area contributed by atoms with Crippen molar-refractivity contribution in [1.29, 1.82) is 0 Å². The van der Waals surface area contributed by atoms with Crippen LogP contribution < -0.4 is 0 Å². The zero-order chi connectivity index (χ0) is 19.9. The van der Waals surface area contributed by atoms with Crippen LogP contribution in [0.4, 0.5) is 0 Å². The fourth-order valence-corrected chi connectivity index (χ4v) is 3.49. The maximum Gasteiger partial charge on any atom is 0.254 e. The number of aryl methyl sites for hydroxylation is 1. The van der Waals surface area contributed by atoms with Gasteiger partial charge in [-0.05, 0) is 35.7 Å². The maximum absolute atomic E-state index is 13.1. The molecule has 1 unspecified atom stereocenters. The van der Waals surface area contributed by atoms with Gasteiger partial charge in [-0.3, -0.25) is 4.79 Å². The summed E-state index contributed by atoms with van der Waals surface area (Å²) in [4.78, 5) is 19.7. The largest absolute Gasteiger partial charge is 0.399 e. The van der Waals surface area contributed by atoms with Gasteiger partial charge in [0.05, 0.1) is 38.1 Å². The van der Waals surface area contributed by atoms with Crippen LogP contribution in [0.2, 0.25) is 0 Å². The van der Waals surface area contributed by atoms with Crippen LogP contribution in [0.25, 0.3) is 11.1 Å². The number of amides is 1. The van der Waals surface area contributed by atoms with Gasteiger partial charge in [-0.1, -0.05) is 41.6 Å². The molecule has 1 aliphatic heterocycles. The lowest BCUT2D eigenvalue weighted by atomic mass is 9.99. The van der Waals surface area contributed by atoms with Gasteiger partial charge in [-0.15, -0.1) is 0 Å². The molecule has 0 aliphatic carbocycles. The molecule has 1 atom stereocenters. The molecule has 0 bridgehead atoms. The van der Waals surface area contributed by atoms with Crippen molar-refractivity contribution in [2.75, 3.05) is 33.5 Å². The molecule has 2 aromatic rings. The van der Waals surface area contributed by atoms with Crippen molar-refractivity contribution in [1.82, 2.24) is 4.90 Å². The van der Waals surface area contributed by atoms with E-state index in [0.717, 1.165) is 16.8 Å². The summed E-state index contributed by atoms with van der Waals surface area (Å²) < 4.78 is 5.46. The molecule has 1 heterocycles. The van der Waals surface area contributed by atoms with Gasteiger partial charge >= 0.3 is 0 Å². The number of nitrogens with zero attached hydrogens (tertiary/aromatic N) is 2. The van der Waals surface area contributed by atoms with Crippen LogP contribution in [-0.2, 0) is 9.57 Å². The first-order chi connectivity index (χ1) is 13.6. The second-order valence-electron chi connectivity index (χ2n) is 6.82. The first-order valence-electron chi connectivity index (χ1n) is 9.38. The Balaban J connectivity index is 1.77. The SMILES string of the molecule is CO/N=C1/CC(COCCO)N(C(=O)c2ccc(-c3ccccc3C)cc2)C1. The fourth-order valence-electron chi connectivity index (χ4n) is 3.49.